The molecule has 0 bridgehead atoms. The number of hydrogen-bond acceptors (Lipinski definition) is 4. The van der Waals surface area contributed by atoms with Gasteiger partial charge in [-0.1, -0.05) is 29.6 Å². The van der Waals surface area contributed by atoms with E-state index in [1.54, 1.807) is 12.1 Å². The number of amidine groups is 1. The van der Waals surface area contributed by atoms with Gasteiger partial charge in [0.1, 0.15) is 0 Å². The number of oxime groups is 1. The summed E-state index contributed by atoms with van der Waals surface area (Å²) in [6.45, 7) is 0.941. The number of hydrogen-bond donors (Lipinski definition) is 3. The van der Waals surface area contributed by atoms with E-state index >= 15 is 0 Å². The van der Waals surface area contributed by atoms with E-state index in [1.807, 2.05) is 6.07 Å². The number of nitrogens with two attached hydrogens (primary N) is 1. The monoisotopic (exact) mass is 297 g/mol. The first-order valence-electron chi connectivity index (χ1n) is 6.82. The van der Waals surface area contributed by atoms with E-state index in [2.05, 4.69) is 10.1 Å². The van der Waals surface area contributed by atoms with Crippen LogP contribution in [0.25, 0.3) is 0 Å². The Morgan fingerprint density at radius 1 is 1.40 bits per heavy atom. The van der Waals surface area contributed by atoms with E-state index in [0.717, 1.165) is 37.9 Å². The molecule has 0 radical (unpaired) electrons. The Kier molecular flexibility index (Phi) is 5.09. The molecule has 1 atom stereocenters. The van der Waals surface area contributed by atoms with Gasteiger partial charge in [-0.25, -0.2) is 0 Å². The Morgan fingerprint density at radius 2 is 2.20 bits per heavy atom. The van der Waals surface area contributed by atoms with Crippen LogP contribution in [0.2, 0.25) is 5.02 Å². The highest BCUT2D eigenvalue weighted by Crippen LogP contribution is 2.29. The van der Waals surface area contributed by atoms with Gasteiger partial charge in [0.15, 0.2) is 5.84 Å². The molecule has 1 aromatic rings. The van der Waals surface area contributed by atoms with Gasteiger partial charge in [0.05, 0.1) is 12.6 Å². The van der Waals surface area contributed by atoms with Gasteiger partial charge in [0.25, 0.3) is 0 Å². The molecular weight excluding hydrogens is 278 g/mol. The van der Waals surface area contributed by atoms with E-state index < -0.39 is 0 Å². The molecule has 1 heterocycles. The van der Waals surface area contributed by atoms with Crippen molar-refractivity contribution in [3.05, 3.63) is 28.8 Å². The molecule has 0 aromatic heterocycles. The Hall–Kier alpha value is -1.46. The van der Waals surface area contributed by atoms with Gasteiger partial charge in [0, 0.05) is 22.8 Å². The van der Waals surface area contributed by atoms with Gasteiger partial charge in [-0.2, -0.15) is 0 Å². The fraction of sp³-hybridized carbons (Fsp3) is 0.500. The number of rotatable bonds is 3. The molecule has 5 nitrogen and oxygen atoms in total. The minimum atomic E-state index is 0.0310. The van der Waals surface area contributed by atoms with Crippen molar-refractivity contribution in [3.8, 4) is 0 Å². The van der Waals surface area contributed by atoms with Gasteiger partial charge in [-0.05, 0) is 31.0 Å². The Bertz CT molecular complexity index is 493. The maximum atomic E-state index is 9.61. The lowest BCUT2D eigenvalue weighted by Gasteiger charge is -2.32. The van der Waals surface area contributed by atoms with Crippen LogP contribution in [0.15, 0.2) is 23.4 Å². The number of nitrogens with zero attached hydrogens (tertiary/aromatic N) is 2. The molecule has 4 N–H and O–H groups in total. The van der Waals surface area contributed by atoms with Crippen LogP contribution in [0.3, 0.4) is 0 Å². The average molecular weight is 298 g/mol. The zero-order chi connectivity index (χ0) is 14.5. The van der Waals surface area contributed by atoms with Crippen molar-refractivity contribution in [2.45, 2.75) is 31.7 Å². The highest BCUT2D eigenvalue weighted by molar-refractivity contribution is 6.31. The molecule has 1 aliphatic heterocycles. The van der Waals surface area contributed by atoms with Gasteiger partial charge in [0.2, 0.25) is 0 Å². The molecule has 1 aromatic carbocycles. The first kappa shape index (κ1) is 14.9. The molecule has 110 valence electrons. The van der Waals surface area contributed by atoms with Crippen molar-refractivity contribution in [2.24, 2.45) is 10.9 Å². The number of anilines is 1. The molecule has 0 aliphatic carbocycles. The normalized spacial score (nSPS) is 20.8. The fourth-order valence-electron chi connectivity index (χ4n) is 2.70. The maximum absolute atomic E-state index is 9.61. The van der Waals surface area contributed by atoms with Crippen LogP contribution in [0.4, 0.5) is 5.69 Å². The van der Waals surface area contributed by atoms with Crippen LogP contribution in [0.5, 0.6) is 0 Å². The Balaban J connectivity index is 2.43. The first-order valence-corrected chi connectivity index (χ1v) is 7.20. The molecule has 1 aliphatic rings. The van der Waals surface area contributed by atoms with Crippen molar-refractivity contribution < 1.29 is 10.3 Å². The van der Waals surface area contributed by atoms with Crippen LogP contribution in [-0.4, -0.2) is 35.3 Å². The van der Waals surface area contributed by atoms with Crippen LogP contribution < -0.4 is 10.6 Å². The van der Waals surface area contributed by atoms with Gasteiger partial charge in [-0.15, -0.1) is 0 Å². The average Bonchev–Trinajstić information content (AvgIpc) is 2.71. The van der Waals surface area contributed by atoms with Crippen LogP contribution in [-0.2, 0) is 0 Å². The number of benzene rings is 1. The smallest absolute Gasteiger partial charge is 0.172 e. The molecule has 1 unspecified atom stereocenters. The summed E-state index contributed by atoms with van der Waals surface area (Å²) in [5, 5.41) is 22.2. The zero-order valence-electron chi connectivity index (χ0n) is 11.3. The standard InChI is InChI=1S/C14H20ClN3O2/c15-10-5-6-13(12(8-10)14(16)17-20)18-7-3-1-2-4-11(18)9-19/h5-6,8,11,19-20H,1-4,7,9H2,(H2,16,17). The molecule has 0 spiro atoms. The molecule has 6 heteroatoms. The highest BCUT2D eigenvalue weighted by atomic mass is 35.5. The maximum Gasteiger partial charge on any atom is 0.172 e. The molecule has 2 rings (SSSR count). The minimum absolute atomic E-state index is 0.0310. The van der Waals surface area contributed by atoms with E-state index in [9.17, 15) is 5.11 Å². The number of aliphatic hydroxyl groups excluding tert-OH is 1. The Morgan fingerprint density at radius 3 is 2.90 bits per heavy atom. The first-order chi connectivity index (χ1) is 9.67. The summed E-state index contributed by atoms with van der Waals surface area (Å²) in [4.78, 5) is 2.14. The second-order valence-corrected chi connectivity index (χ2v) is 5.46. The zero-order valence-corrected chi connectivity index (χ0v) is 12.1. The van der Waals surface area contributed by atoms with E-state index in [0.29, 0.717) is 10.6 Å². The quantitative estimate of drug-likeness (QED) is 0.346. The predicted octanol–water partition coefficient (Wildman–Crippen LogP) is 2.18. The lowest BCUT2D eigenvalue weighted by molar-refractivity contribution is 0.255. The summed E-state index contributed by atoms with van der Waals surface area (Å²) in [5.41, 5.74) is 7.20. The summed E-state index contributed by atoms with van der Waals surface area (Å²) >= 11 is 6.00. The van der Waals surface area contributed by atoms with Crippen molar-refractivity contribution in [3.63, 3.8) is 0 Å². The van der Waals surface area contributed by atoms with Crippen molar-refractivity contribution in [2.75, 3.05) is 18.1 Å². The van der Waals surface area contributed by atoms with E-state index in [-0.39, 0.29) is 18.5 Å². The van der Waals surface area contributed by atoms with Gasteiger partial charge < -0.3 is 20.9 Å². The molecule has 0 amide bonds. The second kappa shape index (κ2) is 6.81. The Labute approximate surface area is 123 Å². The van der Waals surface area contributed by atoms with Crippen LogP contribution in [0, 0.1) is 0 Å². The summed E-state index contributed by atoms with van der Waals surface area (Å²) in [5.74, 6) is 0.0310. The van der Waals surface area contributed by atoms with Crippen molar-refractivity contribution >= 4 is 23.1 Å². The number of halogens is 1. The summed E-state index contributed by atoms with van der Waals surface area (Å²) in [6.07, 6.45) is 4.26. The molecule has 1 fully saturated rings. The lowest BCUT2D eigenvalue weighted by Crippen LogP contribution is -2.38. The fourth-order valence-corrected chi connectivity index (χ4v) is 2.87. The highest BCUT2D eigenvalue weighted by Gasteiger charge is 2.23. The lowest BCUT2D eigenvalue weighted by atomic mass is 10.1. The minimum Gasteiger partial charge on any atom is -0.409 e. The van der Waals surface area contributed by atoms with Gasteiger partial charge in [-0.3, -0.25) is 0 Å². The summed E-state index contributed by atoms with van der Waals surface area (Å²) < 4.78 is 0. The topological polar surface area (TPSA) is 82.1 Å². The molecule has 0 saturated carbocycles. The third-order valence-electron chi connectivity index (χ3n) is 3.74. The SMILES string of the molecule is N/C(=N/O)c1cc(Cl)ccc1N1CCCCCC1CO. The summed E-state index contributed by atoms with van der Waals surface area (Å²) in [6, 6.07) is 5.39. The van der Waals surface area contributed by atoms with Crippen LogP contribution >= 0.6 is 11.6 Å². The largest absolute Gasteiger partial charge is 0.409 e. The predicted molar refractivity (Wildman–Crippen MR) is 80.7 cm³/mol. The third-order valence-corrected chi connectivity index (χ3v) is 3.97. The molecular formula is C14H20ClN3O2. The molecule has 1 saturated heterocycles. The van der Waals surface area contributed by atoms with E-state index in [4.69, 9.17) is 22.5 Å². The number of aliphatic hydroxyl groups is 1. The van der Waals surface area contributed by atoms with Gasteiger partial charge >= 0.3 is 0 Å². The van der Waals surface area contributed by atoms with Crippen molar-refractivity contribution in [1.29, 1.82) is 0 Å². The summed E-state index contributed by atoms with van der Waals surface area (Å²) in [7, 11) is 0. The third kappa shape index (κ3) is 3.16. The van der Waals surface area contributed by atoms with E-state index in [1.165, 1.54) is 0 Å². The molecule has 20 heavy (non-hydrogen) atoms. The second-order valence-electron chi connectivity index (χ2n) is 5.03. The van der Waals surface area contributed by atoms with Crippen LogP contribution in [0.1, 0.15) is 31.2 Å². The van der Waals surface area contributed by atoms with Crippen molar-refractivity contribution in [1.82, 2.24) is 0 Å².